The monoisotopic (exact) mass is 1530 g/mol. The standard InChI is InChI=1S/C55H91N5O42S/c1-14(66)56-27-19(71)6-55(54(84)85,102-45(27)32(73)20(72)7-61)89-12-25-36(77)44(31(48(83)91-25)60-18(5)70)99-50-29(58-16(3)68)38(79)42(23(10-64)94-50)97-53-41(82)47(35(76)22(9-63)93-53)101-51-30(59-17(4)69)39(80)43(24(11-65)95-51)98-52-40(81)46(34(75)21(8-62)92-52)100-49-28(57-15(2)67)37(78)33(74)26(96-49)13-90-103(86,87)88/h19-53,61-65,71-83H,6-13H2,1-5H3,(H,56,66)(H,57,67)(H,58,68)(H,59,69)(H,60,70)(H,84,85)(H,86,87,88)/t19-,20+,21+,22+,23+,24+,25+,26+,27+,28+,29+,30+,31+,32+,33+,34-,35-,36-,37+,38+,39+,40+,41+,42+,43+,44+,45+,46-,47-,48?,49-,50-,51-,52-,53-,55+/m0/s1. The van der Waals surface area contributed by atoms with Crippen molar-refractivity contribution in [3.8, 4) is 0 Å². The molecule has 7 fully saturated rings. The summed E-state index contributed by atoms with van der Waals surface area (Å²) in [4.78, 5) is 75.7. The molecule has 1 unspecified atom stereocenters. The van der Waals surface area contributed by atoms with Crippen LogP contribution in [0.1, 0.15) is 41.0 Å². The van der Waals surface area contributed by atoms with Gasteiger partial charge in [0.2, 0.25) is 29.5 Å². The summed E-state index contributed by atoms with van der Waals surface area (Å²) in [7, 11) is -5.20. The zero-order valence-corrected chi connectivity index (χ0v) is 56.0. The second kappa shape index (κ2) is 36.6. The van der Waals surface area contributed by atoms with Gasteiger partial charge in [-0.3, -0.25) is 28.5 Å². The molecule has 7 aliphatic rings. The smallest absolute Gasteiger partial charge is 0.397 e. The molecule has 47 nitrogen and oxygen atoms in total. The van der Waals surface area contributed by atoms with Crippen LogP contribution in [0.3, 0.4) is 0 Å². The minimum Gasteiger partial charge on any atom is -0.477 e. The lowest BCUT2D eigenvalue weighted by Crippen LogP contribution is -2.71. The summed E-state index contributed by atoms with van der Waals surface area (Å²) in [6, 6.07) is -9.18. The number of ether oxygens (including phenoxy) is 13. The molecule has 594 valence electrons. The molecule has 7 saturated heterocycles. The molecule has 0 radical (unpaired) electrons. The Balaban J connectivity index is 1.10. The van der Waals surface area contributed by atoms with Gasteiger partial charge in [0.1, 0.15) is 165 Å². The second-order valence-corrected chi connectivity index (χ2v) is 26.3. The Bertz CT molecular complexity index is 2940. The number of aliphatic hydroxyl groups excluding tert-OH is 18. The average molecular weight is 1530 g/mol. The number of hydrogen-bond acceptors (Lipinski definition) is 40. The highest BCUT2D eigenvalue weighted by Crippen LogP contribution is 2.39. The van der Waals surface area contributed by atoms with Gasteiger partial charge in [-0.25, -0.2) is 8.98 Å². The number of hydrogen-bond donors (Lipinski definition) is 25. The summed E-state index contributed by atoms with van der Waals surface area (Å²) >= 11 is 0. The van der Waals surface area contributed by atoms with Gasteiger partial charge >= 0.3 is 16.4 Å². The van der Waals surface area contributed by atoms with E-state index in [1.807, 2.05) is 0 Å². The van der Waals surface area contributed by atoms with Crippen LogP contribution in [0.2, 0.25) is 0 Å². The number of amides is 5. The van der Waals surface area contributed by atoms with Crippen LogP contribution in [0.4, 0.5) is 0 Å². The van der Waals surface area contributed by atoms with Crippen molar-refractivity contribution in [2.75, 3.05) is 46.2 Å². The third kappa shape index (κ3) is 20.2. The Morgan fingerprint density at radius 3 is 1.19 bits per heavy atom. The molecule has 7 rings (SSSR count). The summed E-state index contributed by atoms with van der Waals surface area (Å²) in [5.41, 5.74) is 0. The molecule has 0 aromatic carbocycles. The van der Waals surface area contributed by atoms with Gasteiger partial charge in [0.25, 0.3) is 5.79 Å². The quantitative estimate of drug-likeness (QED) is 0.0309. The maximum atomic E-state index is 13.0. The number of carbonyl (C=O) groups excluding carboxylic acids is 5. The van der Waals surface area contributed by atoms with Crippen LogP contribution in [0.25, 0.3) is 0 Å². The van der Waals surface area contributed by atoms with E-state index in [1.165, 1.54) is 0 Å². The fraction of sp³-hybridized carbons (Fsp3) is 0.891. The molecule has 5 amide bonds. The zero-order chi connectivity index (χ0) is 76.8. The first-order valence-corrected chi connectivity index (χ1v) is 33.2. The van der Waals surface area contributed by atoms with Gasteiger partial charge in [-0.2, -0.15) is 8.42 Å². The van der Waals surface area contributed by atoms with Gasteiger partial charge in [-0.15, -0.1) is 0 Å². The Hall–Kier alpha value is -4.55. The molecule has 36 atom stereocenters. The normalized spacial score (nSPS) is 43.8. The van der Waals surface area contributed by atoms with E-state index in [-0.39, 0.29) is 0 Å². The first-order chi connectivity index (χ1) is 48.2. The molecule has 7 aliphatic heterocycles. The third-order valence-electron chi connectivity index (χ3n) is 17.7. The highest BCUT2D eigenvalue weighted by Gasteiger charge is 2.61. The van der Waals surface area contributed by atoms with E-state index in [1.54, 1.807) is 0 Å². The highest BCUT2D eigenvalue weighted by atomic mass is 32.3. The van der Waals surface area contributed by atoms with E-state index in [0.29, 0.717) is 0 Å². The lowest BCUT2D eigenvalue weighted by Gasteiger charge is -2.51. The van der Waals surface area contributed by atoms with Gasteiger partial charge in [-0.05, 0) is 0 Å². The number of aliphatic carboxylic acids is 1. The molecule has 0 saturated carbocycles. The van der Waals surface area contributed by atoms with Crippen LogP contribution in [-0.2, 0) is 105 Å². The summed E-state index contributed by atoms with van der Waals surface area (Å²) in [6.45, 7) is -3.34. The molecule has 103 heavy (non-hydrogen) atoms. The van der Waals surface area contributed by atoms with E-state index < -0.39 is 319 Å². The number of rotatable bonds is 29. The van der Waals surface area contributed by atoms with Crippen molar-refractivity contribution in [3.63, 3.8) is 0 Å². The van der Waals surface area contributed by atoms with Crippen molar-refractivity contribution in [1.29, 1.82) is 0 Å². The molecule has 0 aliphatic carbocycles. The van der Waals surface area contributed by atoms with Crippen LogP contribution in [0.5, 0.6) is 0 Å². The van der Waals surface area contributed by atoms with Crippen molar-refractivity contribution in [2.45, 2.75) is 261 Å². The first-order valence-electron chi connectivity index (χ1n) is 31.9. The molecule has 0 aromatic heterocycles. The number of carboxylic acids is 1. The first kappa shape index (κ1) is 85.7. The van der Waals surface area contributed by atoms with E-state index in [9.17, 15) is 134 Å². The summed E-state index contributed by atoms with van der Waals surface area (Å²) in [5, 5.41) is 222. The zero-order valence-electron chi connectivity index (χ0n) is 55.2. The number of carbonyl (C=O) groups is 6. The Labute approximate surface area is 583 Å². The third-order valence-corrected chi connectivity index (χ3v) is 18.2. The number of nitrogens with one attached hydrogen (secondary N) is 5. The molecule has 0 aromatic rings. The summed E-state index contributed by atoms with van der Waals surface area (Å²) in [6.07, 6.45) is -63.9. The summed E-state index contributed by atoms with van der Waals surface area (Å²) in [5.74, 6) is -9.58. The lowest BCUT2D eigenvalue weighted by atomic mass is 9.88. The Kier molecular flexibility index (Phi) is 30.4. The van der Waals surface area contributed by atoms with Crippen LogP contribution in [-0.4, -0.2) is 412 Å². The van der Waals surface area contributed by atoms with Gasteiger partial charge in [0.05, 0.1) is 58.4 Å². The summed E-state index contributed by atoms with van der Waals surface area (Å²) < 4.78 is 112. The number of aliphatic hydroxyl groups is 18. The average Bonchev–Trinajstić information content (AvgIpc) is 0.772. The molecule has 7 heterocycles. The molecular formula is C55H91N5O42S. The van der Waals surface area contributed by atoms with Crippen molar-refractivity contribution >= 4 is 45.9 Å². The lowest BCUT2D eigenvalue weighted by molar-refractivity contribution is -0.384. The predicted molar refractivity (Wildman–Crippen MR) is 317 cm³/mol. The minimum atomic E-state index is -5.20. The van der Waals surface area contributed by atoms with Crippen LogP contribution < -0.4 is 26.6 Å². The van der Waals surface area contributed by atoms with Crippen LogP contribution in [0, 0.1) is 0 Å². The van der Waals surface area contributed by atoms with Gasteiger partial charge in [-0.1, -0.05) is 0 Å². The van der Waals surface area contributed by atoms with Crippen molar-refractivity contribution < 1.29 is 205 Å². The predicted octanol–water partition coefficient (Wildman–Crippen LogP) is -16.5. The maximum absolute atomic E-state index is 13.0. The fourth-order valence-electron chi connectivity index (χ4n) is 12.7. The Morgan fingerprint density at radius 1 is 0.437 bits per heavy atom. The molecule has 0 spiro atoms. The molecule has 25 N–H and O–H groups in total. The van der Waals surface area contributed by atoms with Crippen LogP contribution >= 0.6 is 0 Å². The fourth-order valence-corrected chi connectivity index (χ4v) is 13.1. The highest BCUT2D eigenvalue weighted by molar-refractivity contribution is 7.80. The SMILES string of the molecule is CC(=O)N[C@H]1[C@H](O[C@H]2[C@@H](O)[C@@H](CO)O[C@@H](O[C@H]3[C@H](O)[C@@H](NC(C)=O)[C@H](O[C@H]4[C@@H](O)[C@@H](CO[C@]5(C(=O)O)C[C@H](O)[C@@H](NC(C)=O)[C@H]([C@H](O)[C@H](O)CO)O5)OC(O)[C@@H]4NC(C)=O)O[C@@H]3CO)[C@@H]2O)O[C@H](CO)[C@@H](O[C@@H]2O[C@H](CO)[C@H](O)[C@H](O[C@@H]3O[C@H](COS(=O)(=O)O)[C@@H](O)[C@H](O)[C@H]3NC(C)=O)[C@H]2O)[C@@H]1O. The minimum absolute atomic E-state index is 0.819. The van der Waals surface area contributed by atoms with E-state index >= 15 is 0 Å². The maximum Gasteiger partial charge on any atom is 0.397 e. The van der Waals surface area contributed by atoms with Gasteiger partial charge in [0.15, 0.2) is 37.7 Å². The van der Waals surface area contributed by atoms with E-state index in [0.717, 1.165) is 34.6 Å². The topological polar surface area (TPSA) is 731 Å². The van der Waals surface area contributed by atoms with E-state index in [2.05, 4.69) is 30.8 Å². The van der Waals surface area contributed by atoms with E-state index in [4.69, 9.17) is 66.1 Å². The molecule has 48 heteroatoms. The van der Waals surface area contributed by atoms with Crippen molar-refractivity contribution in [3.05, 3.63) is 0 Å². The van der Waals surface area contributed by atoms with Gasteiger partial charge < -0.3 is 185 Å². The second-order valence-electron chi connectivity index (χ2n) is 25.2. The Morgan fingerprint density at radius 2 is 0.796 bits per heavy atom. The largest absolute Gasteiger partial charge is 0.477 e. The van der Waals surface area contributed by atoms with Crippen molar-refractivity contribution in [1.82, 2.24) is 26.6 Å². The molecule has 0 bridgehead atoms. The molecular weight excluding hydrogens is 1430 g/mol. The van der Waals surface area contributed by atoms with Gasteiger partial charge in [0, 0.05) is 41.0 Å². The van der Waals surface area contributed by atoms with Crippen molar-refractivity contribution in [2.24, 2.45) is 0 Å². The number of carboxylic acid groups (broad SMARTS) is 1. The van der Waals surface area contributed by atoms with Crippen LogP contribution in [0.15, 0.2) is 0 Å².